The average molecular weight is 558 g/mol. The number of aldehydes is 1. The summed E-state index contributed by atoms with van der Waals surface area (Å²) >= 11 is 0. The molecule has 2 amide bonds. The maximum absolute atomic E-state index is 12.7. The molecule has 2 aromatic carbocycles. The van der Waals surface area contributed by atoms with Gasteiger partial charge in [0.2, 0.25) is 5.95 Å². The van der Waals surface area contributed by atoms with Gasteiger partial charge in [0, 0.05) is 28.9 Å². The van der Waals surface area contributed by atoms with Crippen LogP contribution in [0.15, 0.2) is 54.7 Å². The lowest BCUT2D eigenvalue weighted by molar-refractivity contribution is -0.139. The van der Waals surface area contributed by atoms with E-state index in [0.717, 1.165) is 0 Å². The van der Waals surface area contributed by atoms with Gasteiger partial charge in [-0.25, -0.2) is 14.8 Å². The Morgan fingerprint density at radius 1 is 0.976 bits per heavy atom. The van der Waals surface area contributed by atoms with Crippen LogP contribution >= 0.6 is 0 Å². The van der Waals surface area contributed by atoms with Crippen LogP contribution in [0.2, 0.25) is 0 Å². The molecule has 0 aliphatic rings. The predicted octanol–water partition coefficient (Wildman–Crippen LogP) is 1.40. The molecule has 8 N–H and O–H groups in total. The highest BCUT2D eigenvalue weighted by molar-refractivity contribution is 6.01. The molecule has 1 atom stereocenters. The number of aliphatic carboxylic acids is 1. The van der Waals surface area contributed by atoms with Gasteiger partial charge >= 0.3 is 5.97 Å². The first kappa shape index (κ1) is 28.4. The summed E-state index contributed by atoms with van der Waals surface area (Å²) in [5, 5.41) is 17.9. The number of nitrogens with one attached hydrogen (secondary N) is 3. The number of hydrogen-bond donors (Lipinski definition) is 6. The molecule has 0 saturated carbocycles. The van der Waals surface area contributed by atoms with Crippen molar-refractivity contribution < 1.29 is 24.3 Å². The molecule has 0 unspecified atom stereocenters. The summed E-state index contributed by atoms with van der Waals surface area (Å²) in [6.45, 7) is 0.470. The number of carboxylic acids is 1. The molecule has 210 valence electrons. The quantitative estimate of drug-likeness (QED) is 0.107. The second-order valence-electron chi connectivity index (χ2n) is 8.90. The van der Waals surface area contributed by atoms with Crippen LogP contribution in [0.25, 0.3) is 11.2 Å². The molecule has 4 rings (SSSR count). The first-order valence-corrected chi connectivity index (χ1v) is 12.5. The molecule has 0 saturated heterocycles. The van der Waals surface area contributed by atoms with E-state index in [0.29, 0.717) is 35.4 Å². The number of fused-ring (bicyclic) bond motifs is 1. The van der Waals surface area contributed by atoms with Crippen molar-refractivity contribution in [1.82, 2.24) is 30.6 Å². The lowest BCUT2D eigenvalue weighted by Gasteiger charge is -2.15. The minimum Gasteiger partial charge on any atom is -0.480 e. The molecule has 0 fully saturated rings. The van der Waals surface area contributed by atoms with Crippen molar-refractivity contribution in [2.75, 3.05) is 23.3 Å². The molecular weight excluding hydrogens is 530 g/mol. The van der Waals surface area contributed by atoms with Crippen LogP contribution in [-0.4, -0.2) is 61.7 Å². The molecular formula is C27H27N9O5. The summed E-state index contributed by atoms with van der Waals surface area (Å²) in [5.74, 6) is -2.05. The van der Waals surface area contributed by atoms with Gasteiger partial charge in [0.05, 0.1) is 18.4 Å². The number of nitrogens with zero attached hydrogens (tertiary/aromatic N) is 4. The highest BCUT2D eigenvalue weighted by Gasteiger charge is 2.20. The molecule has 0 aliphatic carbocycles. The highest BCUT2D eigenvalue weighted by atomic mass is 16.4. The first-order valence-electron chi connectivity index (χ1n) is 12.5. The Kier molecular flexibility index (Phi) is 8.94. The maximum Gasteiger partial charge on any atom is 0.326 e. The van der Waals surface area contributed by atoms with Gasteiger partial charge in [-0.1, -0.05) is 18.2 Å². The zero-order valence-corrected chi connectivity index (χ0v) is 21.7. The lowest BCUT2D eigenvalue weighted by Crippen LogP contribution is -2.41. The van der Waals surface area contributed by atoms with E-state index < -0.39 is 23.8 Å². The van der Waals surface area contributed by atoms with E-state index in [-0.39, 0.29) is 47.8 Å². The standard InChI is InChI=1S/C27H27N9O5/c28-22-21-23(36-27(29)35-22)32-13-18(33-21)12-31-17-9-7-15(8-10-17)24(38)34-20(26(40)41)6-3-11-30-25(39)19-5-2-1-4-16(19)14-37/h1-2,4-5,7-10,13-14,20,31H,3,6,11-12H2,(H,30,39)(H,34,38)(H,40,41)(H4,28,29,32,35,36)/t20-/m0/s1. The van der Waals surface area contributed by atoms with Crippen LogP contribution in [0.5, 0.6) is 0 Å². The van der Waals surface area contributed by atoms with E-state index in [1.54, 1.807) is 36.4 Å². The SMILES string of the molecule is Nc1nc(N)c2nc(CNc3ccc(C(=O)N[C@@H](CCCNC(=O)c4ccccc4C=O)C(=O)O)cc3)cnc2n1. The number of nitrogens with two attached hydrogens (primary N) is 2. The number of carboxylic acid groups (broad SMARTS) is 1. The van der Waals surface area contributed by atoms with Crippen molar-refractivity contribution >= 4 is 52.7 Å². The summed E-state index contributed by atoms with van der Waals surface area (Å²) in [6.07, 6.45) is 2.50. The van der Waals surface area contributed by atoms with Crippen molar-refractivity contribution in [2.45, 2.75) is 25.4 Å². The smallest absolute Gasteiger partial charge is 0.326 e. The highest BCUT2D eigenvalue weighted by Crippen LogP contribution is 2.16. The Bertz CT molecular complexity index is 1590. The van der Waals surface area contributed by atoms with E-state index >= 15 is 0 Å². The van der Waals surface area contributed by atoms with Gasteiger partial charge in [0.15, 0.2) is 23.3 Å². The Labute approximate surface area is 233 Å². The molecule has 0 bridgehead atoms. The van der Waals surface area contributed by atoms with Crippen LogP contribution < -0.4 is 27.4 Å². The van der Waals surface area contributed by atoms with Crippen LogP contribution in [0, 0.1) is 0 Å². The Morgan fingerprint density at radius 2 is 1.73 bits per heavy atom. The normalized spacial score (nSPS) is 11.4. The minimum atomic E-state index is -1.19. The average Bonchev–Trinajstić information content (AvgIpc) is 2.97. The molecule has 0 aliphatic heterocycles. The number of anilines is 3. The van der Waals surface area contributed by atoms with Gasteiger partial charge in [-0.2, -0.15) is 9.97 Å². The summed E-state index contributed by atoms with van der Waals surface area (Å²) in [6, 6.07) is 11.7. The van der Waals surface area contributed by atoms with Crippen molar-refractivity contribution in [3.8, 4) is 0 Å². The Hall–Kier alpha value is -5.66. The number of aromatic nitrogens is 4. The second-order valence-corrected chi connectivity index (χ2v) is 8.90. The lowest BCUT2D eigenvalue weighted by atomic mass is 10.1. The first-order chi connectivity index (χ1) is 19.7. The number of rotatable bonds is 12. The van der Waals surface area contributed by atoms with Crippen molar-refractivity contribution in [3.63, 3.8) is 0 Å². The fourth-order valence-electron chi connectivity index (χ4n) is 3.91. The summed E-state index contributed by atoms with van der Waals surface area (Å²) < 4.78 is 0. The summed E-state index contributed by atoms with van der Waals surface area (Å²) in [7, 11) is 0. The van der Waals surface area contributed by atoms with Gasteiger partial charge in [0.1, 0.15) is 6.04 Å². The van der Waals surface area contributed by atoms with E-state index in [9.17, 15) is 24.3 Å². The van der Waals surface area contributed by atoms with Crippen molar-refractivity contribution in [3.05, 3.63) is 77.1 Å². The van der Waals surface area contributed by atoms with Crippen LogP contribution in [0.1, 0.15) is 49.6 Å². The summed E-state index contributed by atoms with van der Waals surface area (Å²) in [4.78, 5) is 64.3. The third-order valence-electron chi connectivity index (χ3n) is 6.01. The zero-order chi connectivity index (χ0) is 29.4. The summed E-state index contributed by atoms with van der Waals surface area (Å²) in [5.41, 5.74) is 14.1. The fraction of sp³-hybridized carbons (Fsp3) is 0.185. The van der Waals surface area contributed by atoms with Crippen LogP contribution in [-0.2, 0) is 11.3 Å². The molecule has 0 radical (unpaired) electrons. The third-order valence-corrected chi connectivity index (χ3v) is 6.01. The monoisotopic (exact) mass is 557 g/mol. The van der Waals surface area contributed by atoms with Gasteiger partial charge in [-0.05, 0) is 43.2 Å². The van der Waals surface area contributed by atoms with Gasteiger partial charge in [-0.15, -0.1) is 0 Å². The van der Waals surface area contributed by atoms with Crippen LogP contribution in [0.3, 0.4) is 0 Å². The molecule has 2 heterocycles. The number of benzene rings is 2. The molecule has 0 spiro atoms. The molecule has 4 aromatic rings. The molecule has 14 nitrogen and oxygen atoms in total. The van der Waals surface area contributed by atoms with Gasteiger partial charge < -0.3 is 32.5 Å². The Morgan fingerprint density at radius 3 is 2.46 bits per heavy atom. The molecule has 14 heteroatoms. The third kappa shape index (κ3) is 7.26. The molecule has 2 aromatic heterocycles. The second kappa shape index (κ2) is 12.9. The van der Waals surface area contributed by atoms with E-state index in [4.69, 9.17) is 11.5 Å². The number of carbonyl (C=O) groups excluding carboxylic acids is 3. The van der Waals surface area contributed by atoms with E-state index in [1.165, 1.54) is 18.3 Å². The number of amides is 2. The predicted molar refractivity (Wildman–Crippen MR) is 150 cm³/mol. The number of nitrogen functional groups attached to an aromatic ring is 2. The number of hydrogen-bond acceptors (Lipinski definition) is 11. The van der Waals surface area contributed by atoms with E-state index in [2.05, 4.69) is 35.9 Å². The number of carbonyl (C=O) groups is 4. The minimum absolute atomic E-state index is 0.0105. The fourth-order valence-corrected chi connectivity index (χ4v) is 3.91. The van der Waals surface area contributed by atoms with Gasteiger partial charge in [0.25, 0.3) is 11.8 Å². The molecule has 41 heavy (non-hydrogen) atoms. The van der Waals surface area contributed by atoms with Crippen molar-refractivity contribution in [1.29, 1.82) is 0 Å². The largest absolute Gasteiger partial charge is 0.480 e. The Balaban J connectivity index is 1.27. The zero-order valence-electron chi connectivity index (χ0n) is 21.7. The topological polar surface area (TPSA) is 228 Å². The maximum atomic E-state index is 12.7. The van der Waals surface area contributed by atoms with Crippen molar-refractivity contribution in [2.24, 2.45) is 0 Å². The van der Waals surface area contributed by atoms with Gasteiger partial charge in [-0.3, -0.25) is 14.4 Å². The van der Waals surface area contributed by atoms with Crippen LogP contribution in [0.4, 0.5) is 17.5 Å². The van der Waals surface area contributed by atoms with E-state index in [1.807, 2.05) is 0 Å².